The van der Waals surface area contributed by atoms with Crippen molar-refractivity contribution in [3.05, 3.63) is 59.0 Å². The summed E-state index contributed by atoms with van der Waals surface area (Å²) < 4.78 is 36.7. The lowest BCUT2D eigenvalue weighted by Crippen LogP contribution is -2.26. The molecule has 0 aromatic heterocycles. The van der Waals surface area contributed by atoms with Gasteiger partial charge >= 0.3 is 0 Å². The smallest absolute Gasteiger partial charge is 0.233 e. The fourth-order valence-corrected chi connectivity index (χ4v) is 3.12. The predicted molar refractivity (Wildman–Crippen MR) is 110 cm³/mol. The molecule has 2 rings (SSSR count). The van der Waals surface area contributed by atoms with E-state index < -0.39 is 10.0 Å². The first kappa shape index (κ1) is 21.5. The third-order valence-corrected chi connectivity index (χ3v) is 4.91. The zero-order valence-electron chi connectivity index (χ0n) is 16.1. The summed E-state index contributed by atoms with van der Waals surface area (Å²) in [5.74, 6) is 0.744. The van der Waals surface area contributed by atoms with Crippen molar-refractivity contribution in [3.8, 4) is 11.5 Å². The Morgan fingerprint density at radius 3 is 2.21 bits per heavy atom. The maximum absolute atomic E-state index is 12.1. The molecular formula is C20H24N2O5S. The van der Waals surface area contributed by atoms with Crippen molar-refractivity contribution in [1.29, 1.82) is 0 Å². The van der Waals surface area contributed by atoms with Crippen LogP contribution in [0.2, 0.25) is 0 Å². The van der Waals surface area contributed by atoms with Gasteiger partial charge < -0.3 is 14.8 Å². The van der Waals surface area contributed by atoms with E-state index in [1.807, 2.05) is 31.2 Å². The van der Waals surface area contributed by atoms with E-state index in [-0.39, 0.29) is 18.9 Å². The number of carbonyl (C=O) groups is 1. The Kier molecular flexibility index (Phi) is 7.60. The van der Waals surface area contributed by atoms with Gasteiger partial charge in [0.05, 0.1) is 14.2 Å². The highest BCUT2D eigenvalue weighted by molar-refractivity contribution is 7.92. The Morgan fingerprint density at radius 2 is 1.64 bits per heavy atom. The van der Waals surface area contributed by atoms with Crippen molar-refractivity contribution in [2.75, 3.05) is 26.1 Å². The topological polar surface area (TPSA) is 93.7 Å². The Morgan fingerprint density at radius 1 is 1.04 bits per heavy atom. The van der Waals surface area contributed by atoms with Crippen LogP contribution in [0.3, 0.4) is 0 Å². The molecule has 2 N–H and O–H groups in total. The zero-order chi connectivity index (χ0) is 20.6. The van der Waals surface area contributed by atoms with Crippen molar-refractivity contribution in [2.24, 2.45) is 0 Å². The molecule has 0 fully saturated rings. The highest BCUT2D eigenvalue weighted by Crippen LogP contribution is 2.25. The number of rotatable bonds is 9. The van der Waals surface area contributed by atoms with Crippen molar-refractivity contribution >= 4 is 27.7 Å². The molecule has 0 saturated heterocycles. The van der Waals surface area contributed by atoms with Crippen molar-refractivity contribution in [3.63, 3.8) is 0 Å². The zero-order valence-corrected chi connectivity index (χ0v) is 16.9. The number of benzene rings is 2. The van der Waals surface area contributed by atoms with Gasteiger partial charge in [0.25, 0.3) is 0 Å². The first-order chi connectivity index (χ1) is 13.3. The van der Waals surface area contributed by atoms with Gasteiger partial charge in [0.15, 0.2) is 0 Å². The molecule has 28 heavy (non-hydrogen) atoms. The third-order valence-electron chi connectivity index (χ3n) is 3.81. The number of aryl methyl sites for hydroxylation is 1. The van der Waals surface area contributed by atoms with E-state index in [9.17, 15) is 13.2 Å². The molecule has 150 valence electrons. The fourth-order valence-electron chi connectivity index (χ4n) is 2.30. The summed E-state index contributed by atoms with van der Waals surface area (Å²) >= 11 is 0. The molecular weight excluding hydrogens is 380 g/mol. The van der Waals surface area contributed by atoms with Crippen LogP contribution in [0.5, 0.6) is 11.5 Å². The van der Waals surface area contributed by atoms with E-state index in [1.54, 1.807) is 18.2 Å². The normalized spacial score (nSPS) is 11.4. The average Bonchev–Trinajstić information content (AvgIpc) is 2.67. The molecule has 0 unspecified atom stereocenters. The Labute approximate surface area is 165 Å². The molecule has 1 amide bonds. The maximum Gasteiger partial charge on any atom is 0.233 e. The number of anilines is 1. The molecule has 0 heterocycles. The Balaban J connectivity index is 1.86. The molecule has 7 nitrogen and oxygen atoms in total. The van der Waals surface area contributed by atoms with Crippen LogP contribution in [0.4, 0.5) is 5.69 Å². The maximum atomic E-state index is 12.1. The summed E-state index contributed by atoms with van der Waals surface area (Å²) in [6.45, 7) is 1.94. The molecule has 0 aliphatic heterocycles. The van der Waals surface area contributed by atoms with Gasteiger partial charge in [-0.05, 0) is 18.6 Å². The quantitative estimate of drug-likeness (QED) is 0.670. The van der Waals surface area contributed by atoms with Gasteiger partial charge in [0.2, 0.25) is 15.9 Å². The summed E-state index contributed by atoms with van der Waals surface area (Å²) in [6, 6.07) is 12.4. The molecule has 0 spiro atoms. The number of amides is 1. The van der Waals surface area contributed by atoms with Crippen LogP contribution in [0.1, 0.15) is 17.5 Å². The minimum Gasteiger partial charge on any atom is -0.497 e. The minimum atomic E-state index is -3.63. The van der Waals surface area contributed by atoms with Crippen molar-refractivity contribution in [2.45, 2.75) is 13.3 Å². The summed E-state index contributed by atoms with van der Waals surface area (Å²) in [4.78, 5) is 12.1. The van der Waals surface area contributed by atoms with Gasteiger partial charge in [0.1, 0.15) is 11.5 Å². The van der Waals surface area contributed by atoms with E-state index in [2.05, 4.69) is 10.0 Å². The van der Waals surface area contributed by atoms with Crippen LogP contribution in [0, 0.1) is 6.92 Å². The minimum absolute atomic E-state index is 0.0167. The van der Waals surface area contributed by atoms with Crippen LogP contribution >= 0.6 is 0 Å². The Bertz CT molecular complexity index is 915. The van der Waals surface area contributed by atoms with Crippen molar-refractivity contribution < 1.29 is 22.7 Å². The number of methoxy groups -OCH3 is 2. The fraction of sp³-hybridized carbons (Fsp3) is 0.250. The lowest BCUT2D eigenvalue weighted by Gasteiger charge is -2.10. The highest BCUT2D eigenvalue weighted by Gasteiger charge is 2.09. The van der Waals surface area contributed by atoms with E-state index in [0.717, 1.165) is 16.5 Å². The van der Waals surface area contributed by atoms with Crippen LogP contribution in [-0.4, -0.2) is 35.1 Å². The van der Waals surface area contributed by atoms with E-state index in [1.165, 1.54) is 20.3 Å². The van der Waals surface area contributed by atoms with Gasteiger partial charge in [-0.25, -0.2) is 13.1 Å². The second-order valence-corrected chi connectivity index (χ2v) is 7.70. The molecule has 0 aliphatic carbocycles. The SMILES string of the molecule is COc1cc(NC(=O)CCNS(=O)(=O)/C=C/c2ccc(C)cc2)cc(OC)c1. The number of hydrogen-bond donors (Lipinski definition) is 2. The first-order valence-corrected chi connectivity index (χ1v) is 10.1. The largest absolute Gasteiger partial charge is 0.497 e. The predicted octanol–water partition coefficient (Wildman–Crippen LogP) is 2.93. The summed E-state index contributed by atoms with van der Waals surface area (Å²) in [7, 11) is -0.604. The third kappa shape index (κ3) is 7.05. The van der Waals surface area contributed by atoms with E-state index in [4.69, 9.17) is 9.47 Å². The van der Waals surface area contributed by atoms with Gasteiger partial charge in [0, 0.05) is 42.3 Å². The monoisotopic (exact) mass is 404 g/mol. The Hall–Kier alpha value is -2.84. The van der Waals surface area contributed by atoms with Crippen LogP contribution in [0.25, 0.3) is 6.08 Å². The van der Waals surface area contributed by atoms with E-state index in [0.29, 0.717) is 17.2 Å². The lowest BCUT2D eigenvalue weighted by atomic mass is 10.2. The average molecular weight is 404 g/mol. The number of nitrogens with one attached hydrogen (secondary N) is 2. The second kappa shape index (κ2) is 9.91. The van der Waals surface area contributed by atoms with Gasteiger partial charge in [-0.15, -0.1) is 0 Å². The van der Waals surface area contributed by atoms with E-state index >= 15 is 0 Å². The molecule has 2 aromatic carbocycles. The van der Waals surface area contributed by atoms with Gasteiger partial charge in [-0.3, -0.25) is 4.79 Å². The number of hydrogen-bond acceptors (Lipinski definition) is 5. The van der Waals surface area contributed by atoms with Crippen molar-refractivity contribution in [1.82, 2.24) is 4.72 Å². The molecule has 0 bridgehead atoms. The summed E-state index contributed by atoms with van der Waals surface area (Å²) in [6.07, 6.45) is 1.49. The number of carbonyl (C=O) groups excluding carboxylic acids is 1. The molecule has 0 atom stereocenters. The van der Waals surface area contributed by atoms with Crippen LogP contribution in [0.15, 0.2) is 47.9 Å². The molecule has 0 saturated carbocycles. The summed E-state index contributed by atoms with van der Waals surface area (Å²) in [5, 5.41) is 3.77. The summed E-state index contributed by atoms with van der Waals surface area (Å²) in [5.41, 5.74) is 2.38. The van der Waals surface area contributed by atoms with Crippen LogP contribution < -0.4 is 19.5 Å². The molecule has 8 heteroatoms. The first-order valence-electron chi connectivity index (χ1n) is 8.58. The standard InChI is InChI=1S/C20H24N2O5S/c1-15-4-6-16(7-5-15)9-11-28(24,25)21-10-8-20(23)22-17-12-18(26-2)14-19(13-17)27-3/h4-7,9,11-14,21H,8,10H2,1-3H3,(H,22,23)/b11-9+. The van der Waals surface area contributed by atoms with Gasteiger partial charge in [-0.2, -0.15) is 0 Å². The van der Waals surface area contributed by atoms with Gasteiger partial charge in [-0.1, -0.05) is 29.8 Å². The molecule has 0 radical (unpaired) electrons. The lowest BCUT2D eigenvalue weighted by molar-refractivity contribution is -0.116. The second-order valence-electron chi connectivity index (χ2n) is 6.05. The molecule has 0 aliphatic rings. The molecule has 2 aromatic rings. The number of ether oxygens (including phenoxy) is 2. The number of sulfonamides is 1. The van der Waals surface area contributed by atoms with Crippen LogP contribution in [-0.2, 0) is 14.8 Å². The highest BCUT2D eigenvalue weighted by atomic mass is 32.2.